The Morgan fingerprint density at radius 2 is 1.75 bits per heavy atom. The van der Waals surface area contributed by atoms with Crippen LogP contribution in [0, 0.1) is 0 Å². The molecule has 0 atom stereocenters. The van der Waals surface area contributed by atoms with Crippen LogP contribution in [0.15, 0.2) is 66.9 Å². The lowest BCUT2D eigenvalue weighted by Gasteiger charge is -2.26. The Balaban J connectivity index is 1.71. The number of aromatic nitrogens is 2. The summed E-state index contributed by atoms with van der Waals surface area (Å²) in [6.07, 6.45) is 1.60. The monoisotopic (exact) mass is 394 g/mol. The molecule has 0 radical (unpaired) electrons. The number of carbonyl (C=O) groups excluding carboxylic acids is 1. The van der Waals surface area contributed by atoms with Crippen LogP contribution in [0.2, 0.25) is 5.02 Å². The Hall–Kier alpha value is -2.92. The first-order chi connectivity index (χ1) is 13.5. The Morgan fingerprint density at radius 1 is 1.04 bits per heavy atom. The van der Waals surface area contributed by atoms with Crippen LogP contribution in [0.25, 0.3) is 0 Å². The van der Waals surface area contributed by atoms with Gasteiger partial charge in [0, 0.05) is 30.4 Å². The number of hydrogen-bond donors (Lipinski definition) is 1. The molecule has 1 aromatic heterocycles. The van der Waals surface area contributed by atoms with Crippen LogP contribution in [0.5, 0.6) is 0 Å². The van der Waals surface area contributed by atoms with E-state index in [0.717, 1.165) is 11.1 Å². The quantitative estimate of drug-likeness (QED) is 0.625. The zero-order valence-corrected chi connectivity index (χ0v) is 16.7. The van der Waals surface area contributed by atoms with Crippen molar-refractivity contribution in [1.82, 2.24) is 14.9 Å². The van der Waals surface area contributed by atoms with E-state index in [-0.39, 0.29) is 11.9 Å². The van der Waals surface area contributed by atoms with Crippen molar-refractivity contribution >= 4 is 23.5 Å². The first kappa shape index (κ1) is 19.8. The van der Waals surface area contributed by atoms with Crippen LogP contribution in [-0.4, -0.2) is 26.8 Å². The van der Waals surface area contributed by atoms with Crippen LogP contribution >= 0.6 is 11.6 Å². The fourth-order valence-corrected chi connectivity index (χ4v) is 2.89. The Bertz CT molecular complexity index is 913. The van der Waals surface area contributed by atoms with Gasteiger partial charge in [0.25, 0.3) is 5.91 Å². The van der Waals surface area contributed by atoms with E-state index in [0.29, 0.717) is 29.8 Å². The number of nitrogens with one attached hydrogen (secondary N) is 1. The Morgan fingerprint density at radius 3 is 2.43 bits per heavy atom. The first-order valence-electron chi connectivity index (χ1n) is 9.19. The highest BCUT2D eigenvalue weighted by Crippen LogP contribution is 2.14. The minimum atomic E-state index is -0.115. The van der Waals surface area contributed by atoms with Crippen molar-refractivity contribution in [2.45, 2.75) is 33.0 Å². The highest BCUT2D eigenvalue weighted by Gasteiger charge is 2.20. The summed E-state index contributed by atoms with van der Waals surface area (Å²) in [5.41, 5.74) is 2.51. The third kappa shape index (κ3) is 5.30. The number of halogens is 1. The van der Waals surface area contributed by atoms with Gasteiger partial charge in [-0.3, -0.25) is 4.79 Å². The van der Waals surface area contributed by atoms with Crippen molar-refractivity contribution < 1.29 is 4.79 Å². The fraction of sp³-hybridized carbons (Fsp3) is 0.227. The third-order valence-corrected chi connectivity index (χ3v) is 4.57. The summed E-state index contributed by atoms with van der Waals surface area (Å²) < 4.78 is 0. The Labute approximate surface area is 170 Å². The number of rotatable bonds is 7. The number of carbonyl (C=O) groups is 1. The topological polar surface area (TPSA) is 58.1 Å². The van der Waals surface area contributed by atoms with Gasteiger partial charge in [0.2, 0.25) is 5.95 Å². The van der Waals surface area contributed by atoms with E-state index in [1.807, 2.05) is 68.4 Å². The summed E-state index contributed by atoms with van der Waals surface area (Å²) in [5.74, 6) is 0.306. The van der Waals surface area contributed by atoms with Crippen molar-refractivity contribution in [2.24, 2.45) is 0 Å². The second-order valence-corrected chi connectivity index (χ2v) is 7.19. The standard InChI is InChI=1S/C22H23ClN4O/c1-16(2)27(15-18-6-4-3-5-7-18)21(28)20-12-13-24-22(26-20)25-14-17-8-10-19(23)11-9-17/h3-13,16H,14-15H2,1-2H3,(H,24,25,26). The maximum atomic E-state index is 13.0. The smallest absolute Gasteiger partial charge is 0.273 e. The van der Waals surface area contributed by atoms with Gasteiger partial charge in [-0.1, -0.05) is 54.1 Å². The normalized spacial score (nSPS) is 10.7. The summed E-state index contributed by atoms with van der Waals surface area (Å²) in [7, 11) is 0. The molecule has 1 N–H and O–H groups in total. The molecule has 0 unspecified atom stereocenters. The summed E-state index contributed by atoms with van der Waals surface area (Å²) >= 11 is 5.91. The molecule has 144 valence electrons. The van der Waals surface area contributed by atoms with Gasteiger partial charge in [-0.2, -0.15) is 0 Å². The van der Waals surface area contributed by atoms with Gasteiger partial charge in [0.1, 0.15) is 5.69 Å². The van der Waals surface area contributed by atoms with Gasteiger partial charge in [0.05, 0.1) is 0 Å². The lowest BCUT2D eigenvalue weighted by atomic mass is 10.1. The van der Waals surface area contributed by atoms with Gasteiger partial charge in [0.15, 0.2) is 0 Å². The highest BCUT2D eigenvalue weighted by molar-refractivity contribution is 6.30. The predicted molar refractivity (Wildman–Crippen MR) is 112 cm³/mol. The molecule has 0 saturated heterocycles. The molecule has 3 aromatic rings. The highest BCUT2D eigenvalue weighted by atomic mass is 35.5. The molecule has 0 aliphatic rings. The van der Waals surface area contributed by atoms with Crippen molar-refractivity contribution in [3.63, 3.8) is 0 Å². The fourth-order valence-electron chi connectivity index (χ4n) is 2.76. The molecule has 0 saturated carbocycles. The lowest BCUT2D eigenvalue weighted by Crippen LogP contribution is -2.37. The molecule has 0 fully saturated rings. The van der Waals surface area contributed by atoms with E-state index in [1.54, 1.807) is 17.2 Å². The SMILES string of the molecule is CC(C)N(Cc1ccccc1)C(=O)c1ccnc(NCc2ccc(Cl)cc2)n1. The zero-order chi connectivity index (χ0) is 19.9. The number of nitrogens with zero attached hydrogens (tertiary/aromatic N) is 3. The molecule has 0 aliphatic carbocycles. The molecule has 6 heteroatoms. The number of amides is 1. The van der Waals surface area contributed by atoms with E-state index >= 15 is 0 Å². The van der Waals surface area contributed by atoms with Gasteiger partial charge in [-0.05, 0) is 43.2 Å². The summed E-state index contributed by atoms with van der Waals surface area (Å²) in [5, 5.41) is 3.85. The third-order valence-electron chi connectivity index (χ3n) is 4.32. The van der Waals surface area contributed by atoms with Crippen LogP contribution in [0.1, 0.15) is 35.5 Å². The molecule has 0 aliphatic heterocycles. The van der Waals surface area contributed by atoms with Crippen molar-refractivity contribution in [3.8, 4) is 0 Å². The average molecular weight is 395 g/mol. The van der Waals surface area contributed by atoms with E-state index < -0.39 is 0 Å². The van der Waals surface area contributed by atoms with Crippen LogP contribution in [0.4, 0.5) is 5.95 Å². The van der Waals surface area contributed by atoms with Crippen molar-refractivity contribution in [3.05, 3.63) is 88.7 Å². The summed E-state index contributed by atoms with van der Waals surface area (Å²) in [6, 6.07) is 19.2. The molecule has 28 heavy (non-hydrogen) atoms. The molecule has 0 spiro atoms. The average Bonchev–Trinajstić information content (AvgIpc) is 2.72. The molecule has 1 heterocycles. The molecule has 3 rings (SSSR count). The minimum absolute atomic E-state index is 0.0492. The van der Waals surface area contributed by atoms with Crippen LogP contribution in [0.3, 0.4) is 0 Å². The maximum Gasteiger partial charge on any atom is 0.273 e. The van der Waals surface area contributed by atoms with Gasteiger partial charge in [-0.15, -0.1) is 0 Å². The van der Waals surface area contributed by atoms with E-state index in [9.17, 15) is 4.79 Å². The number of benzene rings is 2. The molecular weight excluding hydrogens is 372 g/mol. The summed E-state index contributed by atoms with van der Waals surface area (Å²) in [6.45, 7) is 5.09. The van der Waals surface area contributed by atoms with E-state index in [2.05, 4.69) is 15.3 Å². The summed E-state index contributed by atoms with van der Waals surface area (Å²) in [4.78, 5) is 23.5. The Kier molecular flexibility index (Phi) is 6.61. The first-order valence-corrected chi connectivity index (χ1v) is 9.57. The lowest BCUT2D eigenvalue weighted by molar-refractivity contribution is 0.0684. The van der Waals surface area contributed by atoms with E-state index in [1.165, 1.54) is 0 Å². The minimum Gasteiger partial charge on any atom is -0.350 e. The molecular formula is C22H23ClN4O. The van der Waals surface area contributed by atoms with Crippen molar-refractivity contribution in [1.29, 1.82) is 0 Å². The van der Waals surface area contributed by atoms with E-state index in [4.69, 9.17) is 11.6 Å². The molecule has 2 aromatic carbocycles. The van der Waals surface area contributed by atoms with Gasteiger partial charge < -0.3 is 10.2 Å². The molecule has 5 nitrogen and oxygen atoms in total. The van der Waals surface area contributed by atoms with Gasteiger partial charge in [-0.25, -0.2) is 9.97 Å². The second-order valence-electron chi connectivity index (χ2n) is 6.76. The zero-order valence-electron chi connectivity index (χ0n) is 16.0. The van der Waals surface area contributed by atoms with Crippen LogP contribution in [-0.2, 0) is 13.1 Å². The maximum absolute atomic E-state index is 13.0. The number of hydrogen-bond acceptors (Lipinski definition) is 4. The molecule has 0 bridgehead atoms. The van der Waals surface area contributed by atoms with Crippen molar-refractivity contribution in [2.75, 3.05) is 5.32 Å². The second kappa shape index (κ2) is 9.33. The predicted octanol–water partition coefficient (Wildman–Crippen LogP) is 4.79. The molecule has 1 amide bonds. The van der Waals surface area contributed by atoms with Gasteiger partial charge >= 0.3 is 0 Å². The number of anilines is 1. The van der Waals surface area contributed by atoms with Crippen LogP contribution < -0.4 is 5.32 Å². The largest absolute Gasteiger partial charge is 0.350 e.